The second kappa shape index (κ2) is 4.53. The highest BCUT2D eigenvalue weighted by atomic mass is 16.5. The highest BCUT2D eigenvalue weighted by molar-refractivity contribution is 5.66. The third kappa shape index (κ3) is 2.13. The van der Waals surface area contributed by atoms with E-state index in [1.807, 2.05) is 6.07 Å². The molecule has 5 heteroatoms. The molecule has 17 heavy (non-hydrogen) atoms. The van der Waals surface area contributed by atoms with Gasteiger partial charge in [0.25, 0.3) is 0 Å². The van der Waals surface area contributed by atoms with Crippen molar-refractivity contribution >= 4 is 6.09 Å². The number of carbonyl (C=O) groups is 1. The molecule has 0 aliphatic carbocycles. The number of hydrogen-bond donors (Lipinski definition) is 1. The standard InChI is InChI=1S/C12H15NO4/c1-16-9-5-8-3-4-13(12(14)15)7-10(8)11(6-9)17-2/h5-6H,3-4,7H2,1-2H3,(H,14,15). The summed E-state index contributed by atoms with van der Waals surface area (Å²) < 4.78 is 10.5. The van der Waals surface area contributed by atoms with Crippen LogP contribution in [0.5, 0.6) is 11.5 Å². The van der Waals surface area contributed by atoms with Gasteiger partial charge in [-0.3, -0.25) is 0 Å². The van der Waals surface area contributed by atoms with Crippen LogP contribution in [0.2, 0.25) is 0 Å². The predicted molar refractivity (Wildman–Crippen MR) is 61.7 cm³/mol. The summed E-state index contributed by atoms with van der Waals surface area (Å²) in [7, 11) is 3.18. The van der Waals surface area contributed by atoms with Crippen LogP contribution in [-0.4, -0.2) is 36.9 Å². The van der Waals surface area contributed by atoms with Crippen LogP contribution in [0.4, 0.5) is 4.79 Å². The van der Waals surface area contributed by atoms with Crippen molar-refractivity contribution in [1.29, 1.82) is 0 Å². The summed E-state index contributed by atoms with van der Waals surface area (Å²) in [5.74, 6) is 1.43. The van der Waals surface area contributed by atoms with Crippen molar-refractivity contribution in [1.82, 2.24) is 4.90 Å². The average molecular weight is 237 g/mol. The number of nitrogens with zero attached hydrogens (tertiary/aromatic N) is 1. The van der Waals surface area contributed by atoms with Gasteiger partial charge >= 0.3 is 6.09 Å². The molecule has 92 valence electrons. The molecule has 1 aromatic carbocycles. The molecule has 1 aliphatic rings. The van der Waals surface area contributed by atoms with Gasteiger partial charge in [0.15, 0.2) is 0 Å². The average Bonchev–Trinajstić information content (AvgIpc) is 2.36. The number of fused-ring (bicyclic) bond motifs is 1. The van der Waals surface area contributed by atoms with E-state index in [0.717, 1.165) is 16.9 Å². The fourth-order valence-electron chi connectivity index (χ4n) is 2.07. The normalized spacial score (nSPS) is 14.1. The molecule has 0 saturated carbocycles. The predicted octanol–water partition coefficient (Wildman–Crippen LogP) is 1.74. The minimum absolute atomic E-state index is 0.373. The van der Waals surface area contributed by atoms with Gasteiger partial charge in [0.2, 0.25) is 0 Å². The van der Waals surface area contributed by atoms with Crippen LogP contribution in [0, 0.1) is 0 Å². The molecule has 0 bridgehead atoms. The molecule has 1 aliphatic heterocycles. The van der Waals surface area contributed by atoms with Gasteiger partial charge in [0, 0.05) is 18.2 Å². The van der Waals surface area contributed by atoms with Crippen LogP contribution in [0.1, 0.15) is 11.1 Å². The smallest absolute Gasteiger partial charge is 0.407 e. The minimum Gasteiger partial charge on any atom is -0.497 e. The van der Waals surface area contributed by atoms with E-state index < -0.39 is 6.09 Å². The van der Waals surface area contributed by atoms with Gasteiger partial charge in [-0.1, -0.05) is 0 Å². The van der Waals surface area contributed by atoms with E-state index in [4.69, 9.17) is 14.6 Å². The summed E-state index contributed by atoms with van der Waals surface area (Å²) in [5.41, 5.74) is 2.03. The number of methoxy groups -OCH3 is 2. The Morgan fingerprint density at radius 3 is 2.71 bits per heavy atom. The Kier molecular flexibility index (Phi) is 3.08. The molecule has 2 rings (SSSR count). The molecule has 1 heterocycles. The first-order chi connectivity index (χ1) is 8.15. The van der Waals surface area contributed by atoms with Gasteiger partial charge in [-0.2, -0.15) is 0 Å². The molecule has 1 amide bonds. The van der Waals surface area contributed by atoms with Gasteiger partial charge in [-0.15, -0.1) is 0 Å². The number of ether oxygens (including phenoxy) is 2. The molecule has 0 unspecified atom stereocenters. The van der Waals surface area contributed by atoms with Crippen LogP contribution in [0.25, 0.3) is 0 Å². The Balaban J connectivity index is 2.39. The van der Waals surface area contributed by atoms with Crippen molar-refractivity contribution in [2.45, 2.75) is 13.0 Å². The van der Waals surface area contributed by atoms with Crippen LogP contribution >= 0.6 is 0 Å². The summed E-state index contributed by atoms with van der Waals surface area (Å²) in [6, 6.07) is 3.72. The molecule has 1 N–H and O–H groups in total. The molecule has 0 atom stereocenters. The van der Waals surface area contributed by atoms with Crippen molar-refractivity contribution in [2.24, 2.45) is 0 Å². The van der Waals surface area contributed by atoms with Gasteiger partial charge in [0.1, 0.15) is 11.5 Å². The zero-order valence-corrected chi connectivity index (χ0v) is 9.90. The summed E-state index contributed by atoms with van der Waals surface area (Å²) in [5, 5.41) is 8.99. The van der Waals surface area contributed by atoms with Gasteiger partial charge in [-0.05, 0) is 18.1 Å². The number of carboxylic acid groups (broad SMARTS) is 1. The lowest BCUT2D eigenvalue weighted by Crippen LogP contribution is -2.34. The number of amides is 1. The highest BCUT2D eigenvalue weighted by Crippen LogP contribution is 2.32. The van der Waals surface area contributed by atoms with E-state index in [0.29, 0.717) is 25.3 Å². The first-order valence-corrected chi connectivity index (χ1v) is 5.37. The van der Waals surface area contributed by atoms with Gasteiger partial charge < -0.3 is 19.5 Å². The molecular formula is C12H15NO4. The van der Waals surface area contributed by atoms with Crippen LogP contribution in [-0.2, 0) is 13.0 Å². The SMILES string of the molecule is COc1cc2c(c(OC)c1)CN(C(=O)O)CC2. The topological polar surface area (TPSA) is 59.0 Å². The Hall–Kier alpha value is -1.91. The molecule has 5 nitrogen and oxygen atoms in total. The Morgan fingerprint density at radius 1 is 1.35 bits per heavy atom. The lowest BCUT2D eigenvalue weighted by atomic mass is 9.98. The third-order valence-electron chi connectivity index (χ3n) is 3.00. The monoisotopic (exact) mass is 237 g/mol. The van der Waals surface area contributed by atoms with Crippen molar-refractivity contribution in [2.75, 3.05) is 20.8 Å². The molecule has 0 spiro atoms. The maximum Gasteiger partial charge on any atom is 0.407 e. The zero-order chi connectivity index (χ0) is 12.4. The molecule has 1 aromatic rings. The summed E-state index contributed by atoms with van der Waals surface area (Å²) >= 11 is 0. The maximum absolute atomic E-state index is 10.9. The number of hydrogen-bond acceptors (Lipinski definition) is 3. The molecule has 0 radical (unpaired) electrons. The lowest BCUT2D eigenvalue weighted by Gasteiger charge is -2.28. The van der Waals surface area contributed by atoms with Crippen LogP contribution in [0.15, 0.2) is 12.1 Å². The largest absolute Gasteiger partial charge is 0.497 e. The molecular weight excluding hydrogens is 222 g/mol. The Morgan fingerprint density at radius 2 is 2.12 bits per heavy atom. The van der Waals surface area contributed by atoms with Crippen molar-refractivity contribution in [3.63, 3.8) is 0 Å². The van der Waals surface area contributed by atoms with Crippen LogP contribution in [0.3, 0.4) is 0 Å². The van der Waals surface area contributed by atoms with Crippen molar-refractivity contribution < 1.29 is 19.4 Å². The van der Waals surface area contributed by atoms with E-state index >= 15 is 0 Å². The van der Waals surface area contributed by atoms with Crippen molar-refractivity contribution in [3.8, 4) is 11.5 Å². The number of benzene rings is 1. The molecule has 0 fully saturated rings. The highest BCUT2D eigenvalue weighted by Gasteiger charge is 2.23. The van der Waals surface area contributed by atoms with Crippen molar-refractivity contribution in [3.05, 3.63) is 23.3 Å². The van der Waals surface area contributed by atoms with E-state index in [1.54, 1.807) is 20.3 Å². The third-order valence-corrected chi connectivity index (χ3v) is 3.00. The number of rotatable bonds is 2. The Labute approximate surface area is 99.6 Å². The lowest BCUT2D eigenvalue weighted by molar-refractivity contribution is 0.139. The van der Waals surface area contributed by atoms with E-state index in [-0.39, 0.29) is 0 Å². The first-order valence-electron chi connectivity index (χ1n) is 5.37. The molecule has 0 saturated heterocycles. The van der Waals surface area contributed by atoms with Gasteiger partial charge in [-0.25, -0.2) is 4.79 Å². The zero-order valence-electron chi connectivity index (χ0n) is 9.90. The van der Waals surface area contributed by atoms with Gasteiger partial charge in [0.05, 0.1) is 20.8 Å². The Bertz CT molecular complexity index is 427. The first kappa shape index (κ1) is 11.6. The van der Waals surface area contributed by atoms with E-state index in [1.165, 1.54) is 4.90 Å². The summed E-state index contributed by atoms with van der Waals surface area (Å²) in [6.07, 6.45) is -0.205. The summed E-state index contributed by atoms with van der Waals surface area (Å²) in [6.45, 7) is 0.885. The molecule has 0 aromatic heterocycles. The summed E-state index contributed by atoms with van der Waals surface area (Å²) in [4.78, 5) is 12.3. The fraction of sp³-hybridized carbons (Fsp3) is 0.417. The maximum atomic E-state index is 10.9. The van der Waals surface area contributed by atoms with E-state index in [2.05, 4.69) is 0 Å². The minimum atomic E-state index is -0.895. The second-order valence-corrected chi connectivity index (χ2v) is 3.92. The van der Waals surface area contributed by atoms with E-state index in [9.17, 15) is 4.79 Å². The fourth-order valence-corrected chi connectivity index (χ4v) is 2.07. The quantitative estimate of drug-likeness (QED) is 0.851. The second-order valence-electron chi connectivity index (χ2n) is 3.92. The van der Waals surface area contributed by atoms with Crippen LogP contribution < -0.4 is 9.47 Å².